The highest BCUT2D eigenvalue weighted by molar-refractivity contribution is 6.31. The molecule has 1 fully saturated rings. The molecule has 0 spiro atoms. The van der Waals surface area contributed by atoms with Crippen molar-refractivity contribution in [3.8, 4) is 5.75 Å². The summed E-state index contributed by atoms with van der Waals surface area (Å²) < 4.78 is 10.1. The Kier molecular flexibility index (Phi) is 5.77. The third kappa shape index (κ3) is 4.12. The van der Waals surface area contributed by atoms with E-state index in [9.17, 15) is 24.5 Å². The summed E-state index contributed by atoms with van der Waals surface area (Å²) in [7, 11) is 1.20. The summed E-state index contributed by atoms with van der Waals surface area (Å²) in [6.45, 7) is 1.44. The van der Waals surface area contributed by atoms with Crippen LogP contribution in [0.3, 0.4) is 0 Å². The zero-order valence-corrected chi connectivity index (χ0v) is 16.0. The van der Waals surface area contributed by atoms with Crippen molar-refractivity contribution in [2.24, 2.45) is 0 Å². The Hall–Kier alpha value is -4.21. The molecular weight excluding hydrogens is 394 g/mol. The Balaban J connectivity index is 2.00. The van der Waals surface area contributed by atoms with E-state index < -0.39 is 28.8 Å². The summed E-state index contributed by atoms with van der Waals surface area (Å²) in [5.74, 6) is -1.89. The molecule has 154 valence electrons. The number of hydrogen-bond acceptors (Lipinski definition) is 7. The van der Waals surface area contributed by atoms with Gasteiger partial charge < -0.3 is 9.47 Å². The number of nitrogens with one attached hydrogen (secondary N) is 1. The van der Waals surface area contributed by atoms with E-state index in [0.29, 0.717) is 5.69 Å². The van der Waals surface area contributed by atoms with Crippen LogP contribution in [0.2, 0.25) is 0 Å². The number of nitro groups is 1. The maximum Gasteiger partial charge on any atom is 0.346 e. The summed E-state index contributed by atoms with van der Waals surface area (Å²) in [5.41, 5.74) is 2.47. The highest BCUT2D eigenvalue weighted by atomic mass is 16.6. The first-order chi connectivity index (χ1) is 14.3. The second-order valence-corrected chi connectivity index (χ2v) is 6.24. The van der Waals surface area contributed by atoms with Gasteiger partial charge in [0.2, 0.25) is 0 Å². The van der Waals surface area contributed by atoms with E-state index in [1.54, 1.807) is 30.3 Å². The molecule has 2 aromatic carbocycles. The maximum absolute atomic E-state index is 12.8. The highest BCUT2D eigenvalue weighted by Crippen LogP contribution is 2.29. The van der Waals surface area contributed by atoms with Crippen LogP contribution in [-0.2, 0) is 19.1 Å². The molecule has 2 aromatic rings. The monoisotopic (exact) mass is 411 g/mol. The number of anilines is 1. The van der Waals surface area contributed by atoms with Crippen LogP contribution in [0.1, 0.15) is 12.5 Å². The average Bonchev–Trinajstić information content (AvgIpc) is 3.02. The molecule has 1 atom stereocenters. The lowest BCUT2D eigenvalue weighted by Gasteiger charge is -2.15. The van der Waals surface area contributed by atoms with Gasteiger partial charge in [-0.25, -0.2) is 9.80 Å². The van der Waals surface area contributed by atoms with Crippen LogP contribution in [0, 0.1) is 10.1 Å². The first-order valence-electron chi connectivity index (χ1n) is 8.77. The number of carbonyl (C=O) groups excluding carboxylic acids is 3. The summed E-state index contributed by atoms with van der Waals surface area (Å²) in [4.78, 5) is 47.3. The van der Waals surface area contributed by atoms with Crippen molar-refractivity contribution in [3.63, 3.8) is 0 Å². The van der Waals surface area contributed by atoms with Crippen molar-refractivity contribution >= 4 is 35.2 Å². The minimum Gasteiger partial charge on any atom is -0.478 e. The molecule has 1 saturated heterocycles. The number of hydrazine groups is 1. The Bertz CT molecular complexity index is 1050. The van der Waals surface area contributed by atoms with Gasteiger partial charge in [0.15, 0.2) is 6.10 Å². The van der Waals surface area contributed by atoms with E-state index in [2.05, 4.69) is 10.2 Å². The summed E-state index contributed by atoms with van der Waals surface area (Å²) in [6, 6.07) is 12.1. The Morgan fingerprint density at radius 1 is 1.20 bits per heavy atom. The molecule has 0 aliphatic carbocycles. The number of carbonyl (C=O) groups is 3. The fourth-order valence-electron chi connectivity index (χ4n) is 2.75. The van der Waals surface area contributed by atoms with E-state index in [1.165, 1.54) is 32.2 Å². The summed E-state index contributed by atoms with van der Waals surface area (Å²) in [5, 5.41) is 12.2. The third-order valence-corrected chi connectivity index (χ3v) is 4.25. The van der Waals surface area contributed by atoms with Gasteiger partial charge in [0.25, 0.3) is 17.5 Å². The normalized spacial score (nSPS) is 15.7. The van der Waals surface area contributed by atoms with Crippen LogP contribution in [0.15, 0.2) is 54.1 Å². The van der Waals surface area contributed by atoms with Gasteiger partial charge in [0.1, 0.15) is 11.3 Å². The van der Waals surface area contributed by atoms with E-state index in [0.717, 1.165) is 11.1 Å². The Labute approximate surface area is 170 Å². The van der Waals surface area contributed by atoms with Crippen LogP contribution < -0.4 is 15.2 Å². The Morgan fingerprint density at radius 2 is 1.90 bits per heavy atom. The topological polar surface area (TPSA) is 128 Å². The lowest BCUT2D eigenvalue weighted by molar-refractivity contribution is -0.384. The first-order valence-corrected chi connectivity index (χ1v) is 8.77. The number of nitro benzene ring substituents is 1. The average molecular weight is 411 g/mol. The molecule has 10 nitrogen and oxygen atoms in total. The number of esters is 1. The molecule has 2 amide bonds. The number of benzene rings is 2. The first kappa shape index (κ1) is 20.5. The minimum atomic E-state index is -1.01. The quantitative estimate of drug-likeness (QED) is 0.253. The number of nitrogens with zero attached hydrogens (tertiary/aromatic N) is 2. The summed E-state index contributed by atoms with van der Waals surface area (Å²) in [6.07, 6.45) is 0.176. The lowest BCUT2D eigenvalue weighted by Crippen LogP contribution is -2.35. The lowest BCUT2D eigenvalue weighted by atomic mass is 10.1. The molecule has 1 N–H and O–H groups in total. The molecule has 3 rings (SSSR count). The number of amides is 2. The number of hydrogen-bond donors (Lipinski definition) is 1. The van der Waals surface area contributed by atoms with E-state index in [4.69, 9.17) is 4.74 Å². The molecule has 0 radical (unpaired) electrons. The van der Waals surface area contributed by atoms with Gasteiger partial charge in [0.05, 0.1) is 17.7 Å². The van der Waals surface area contributed by atoms with Crippen molar-refractivity contribution in [2.45, 2.75) is 13.0 Å². The standard InChI is InChI=1S/C20H17N3O7/c1-12(20(26)29-2)30-17-9-8-15(23(27)28)10-13(17)11-16-18(24)21-22(19(16)25)14-6-4-3-5-7-14/h3-12H,1-2H3,(H,21,24)/b16-11-/t12-/m0/s1. The fraction of sp³-hybridized carbons (Fsp3) is 0.150. The highest BCUT2D eigenvalue weighted by Gasteiger charge is 2.34. The molecule has 0 unspecified atom stereocenters. The van der Waals surface area contributed by atoms with Crippen LogP contribution in [-0.4, -0.2) is 35.9 Å². The van der Waals surface area contributed by atoms with Crippen LogP contribution in [0.4, 0.5) is 11.4 Å². The van der Waals surface area contributed by atoms with Gasteiger partial charge in [-0.1, -0.05) is 18.2 Å². The third-order valence-electron chi connectivity index (χ3n) is 4.25. The molecule has 1 heterocycles. The van der Waals surface area contributed by atoms with Crippen molar-refractivity contribution in [1.29, 1.82) is 0 Å². The van der Waals surface area contributed by atoms with Crippen molar-refractivity contribution in [2.75, 3.05) is 12.1 Å². The smallest absolute Gasteiger partial charge is 0.346 e. The van der Waals surface area contributed by atoms with Gasteiger partial charge in [-0.2, -0.15) is 0 Å². The number of ether oxygens (including phenoxy) is 2. The Morgan fingerprint density at radius 3 is 2.53 bits per heavy atom. The molecule has 0 saturated carbocycles. The van der Waals surface area contributed by atoms with Crippen molar-refractivity contribution in [1.82, 2.24) is 5.43 Å². The SMILES string of the molecule is COC(=O)[C@H](C)Oc1ccc([N+](=O)[O-])cc1/C=C1/C(=O)NN(c2ccccc2)C1=O. The molecule has 1 aliphatic heterocycles. The van der Waals surface area contributed by atoms with Crippen LogP contribution >= 0.6 is 0 Å². The maximum atomic E-state index is 12.8. The number of methoxy groups -OCH3 is 1. The molecule has 10 heteroatoms. The van der Waals surface area contributed by atoms with Crippen LogP contribution in [0.5, 0.6) is 5.75 Å². The van der Waals surface area contributed by atoms with Gasteiger partial charge in [-0.15, -0.1) is 0 Å². The van der Waals surface area contributed by atoms with Crippen molar-refractivity contribution in [3.05, 3.63) is 69.8 Å². The van der Waals surface area contributed by atoms with E-state index in [-0.39, 0.29) is 22.6 Å². The fourth-order valence-corrected chi connectivity index (χ4v) is 2.75. The zero-order valence-electron chi connectivity index (χ0n) is 16.0. The molecule has 30 heavy (non-hydrogen) atoms. The summed E-state index contributed by atoms with van der Waals surface area (Å²) >= 11 is 0. The van der Waals surface area contributed by atoms with Gasteiger partial charge in [0, 0.05) is 17.7 Å². The molecule has 0 aromatic heterocycles. The zero-order chi connectivity index (χ0) is 21.8. The van der Waals surface area contributed by atoms with Gasteiger partial charge >= 0.3 is 5.97 Å². The molecule has 0 bridgehead atoms. The number of rotatable bonds is 6. The minimum absolute atomic E-state index is 0.0739. The number of para-hydroxylation sites is 1. The second-order valence-electron chi connectivity index (χ2n) is 6.24. The van der Waals surface area contributed by atoms with Gasteiger partial charge in [-0.3, -0.25) is 25.1 Å². The molecule has 1 aliphatic rings. The second kappa shape index (κ2) is 8.43. The predicted molar refractivity (Wildman–Crippen MR) is 105 cm³/mol. The van der Waals surface area contributed by atoms with Crippen LogP contribution in [0.25, 0.3) is 6.08 Å². The van der Waals surface area contributed by atoms with E-state index >= 15 is 0 Å². The largest absolute Gasteiger partial charge is 0.478 e. The van der Waals surface area contributed by atoms with Crippen molar-refractivity contribution < 1.29 is 28.8 Å². The predicted octanol–water partition coefficient (Wildman–Crippen LogP) is 2.00. The number of non-ortho nitro benzene ring substituents is 1. The van der Waals surface area contributed by atoms with Gasteiger partial charge in [-0.05, 0) is 31.2 Å². The molecular formula is C20H17N3O7. The van der Waals surface area contributed by atoms with E-state index in [1.807, 2.05) is 0 Å².